The molecule has 0 saturated carbocycles. The molecule has 3 aromatic rings. The second-order valence-corrected chi connectivity index (χ2v) is 6.78. The van der Waals surface area contributed by atoms with Crippen LogP contribution in [0.3, 0.4) is 0 Å². The second-order valence-electron chi connectivity index (χ2n) is 5.89. The van der Waals surface area contributed by atoms with Crippen LogP contribution in [0, 0.1) is 0 Å². The Morgan fingerprint density at radius 2 is 2.29 bits per heavy atom. The first-order chi connectivity index (χ1) is 13.1. The third-order valence-corrected chi connectivity index (χ3v) is 4.99. The molecule has 9 nitrogen and oxygen atoms in total. The van der Waals surface area contributed by atoms with Crippen molar-refractivity contribution in [2.75, 3.05) is 21.2 Å². The minimum absolute atomic E-state index is 0. The third-order valence-electron chi connectivity index (χ3n) is 3.93. The number of thiazole rings is 1. The van der Waals surface area contributed by atoms with Gasteiger partial charge in [0.05, 0.1) is 25.0 Å². The fraction of sp³-hybridized carbons (Fsp3) is 0.412. The first kappa shape index (κ1) is 22.3. The zero-order chi connectivity index (χ0) is 19.2. The van der Waals surface area contributed by atoms with Gasteiger partial charge in [0.2, 0.25) is 5.82 Å². The monoisotopic (exact) mass is 517 g/mol. The molecule has 0 aliphatic heterocycles. The number of hydrogen-bond acceptors (Lipinski definition) is 7. The fourth-order valence-corrected chi connectivity index (χ4v) is 3.28. The molecule has 2 N–H and O–H groups in total. The molecule has 0 aliphatic rings. The van der Waals surface area contributed by atoms with Crippen LogP contribution in [0.2, 0.25) is 0 Å². The van der Waals surface area contributed by atoms with Crippen LogP contribution in [0.1, 0.15) is 29.6 Å². The summed E-state index contributed by atoms with van der Waals surface area (Å²) in [6.07, 6.45) is 1.60. The van der Waals surface area contributed by atoms with E-state index >= 15 is 0 Å². The minimum Gasteiger partial charge on any atom is -0.461 e. The molecule has 3 heterocycles. The molecule has 0 radical (unpaired) electrons. The van der Waals surface area contributed by atoms with Crippen molar-refractivity contribution in [3.05, 3.63) is 40.3 Å². The molecule has 0 aromatic carbocycles. The molecule has 0 bridgehead atoms. The molecule has 152 valence electrons. The van der Waals surface area contributed by atoms with Gasteiger partial charge in [0, 0.05) is 26.6 Å². The lowest BCUT2D eigenvalue weighted by atomic mass is 10.4. The largest absolute Gasteiger partial charge is 0.461 e. The first-order valence-electron chi connectivity index (χ1n) is 8.44. The summed E-state index contributed by atoms with van der Waals surface area (Å²) in [6, 6.07) is 3.62. The Bertz CT molecular complexity index is 878. The third kappa shape index (κ3) is 5.52. The quantitative estimate of drug-likeness (QED) is 0.282. The molecule has 0 saturated heterocycles. The van der Waals surface area contributed by atoms with E-state index in [4.69, 9.17) is 9.15 Å². The predicted molar refractivity (Wildman–Crippen MR) is 119 cm³/mol. The van der Waals surface area contributed by atoms with Crippen LogP contribution in [0.5, 0.6) is 0 Å². The highest BCUT2D eigenvalue weighted by atomic mass is 127. The van der Waals surface area contributed by atoms with Gasteiger partial charge in [0.15, 0.2) is 11.7 Å². The van der Waals surface area contributed by atoms with Crippen molar-refractivity contribution < 1.29 is 9.15 Å². The number of aromatic amines is 1. The number of aromatic nitrogens is 4. The van der Waals surface area contributed by atoms with Gasteiger partial charge in [0.1, 0.15) is 16.9 Å². The van der Waals surface area contributed by atoms with E-state index in [0.29, 0.717) is 30.5 Å². The smallest absolute Gasteiger partial charge is 0.216 e. The molecule has 0 amide bonds. The van der Waals surface area contributed by atoms with E-state index in [9.17, 15) is 0 Å². The molecule has 0 aliphatic carbocycles. The average molecular weight is 517 g/mol. The molecule has 3 rings (SSSR count). The Hall–Kier alpha value is -1.99. The number of H-pyrrole nitrogens is 1. The van der Waals surface area contributed by atoms with E-state index < -0.39 is 0 Å². The number of furan rings is 1. The summed E-state index contributed by atoms with van der Waals surface area (Å²) >= 11 is 1.60. The van der Waals surface area contributed by atoms with Crippen molar-refractivity contribution >= 4 is 41.3 Å². The van der Waals surface area contributed by atoms with Gasteiger partial charge in [-0.15, -0.1) is 40.4 Å². The SMILES string of the molecule is CN=C(NCc1nc(-c2ccco2)n[nH]1)N(C)Cc1csc(C(C)OC)n1.I. The van der Waals surface area contributed by atoms with E-state index in [2.05, 4.69) is 30.5 Å². The maximum Gasteiger partial charge on any atom is 0.216 e. The van der Waals surface area contributed by atoms with Crippen molar-refractivity contribution in [1.29, 1.82) is 0 Å². The van der Waals surface area contributed by atoms with E-state index in [0.717, 1.165) is 16.7 Å². The van der Waals surface area contributed by atoms with E-state index in [1.165, 1.54) is 0 Å². The van der Waals surface area contributed by atoms with Gasteiger partial charge in [0.25, 0.3) is 0 Å². The zero-order valence-corrected chi connectivity index (χ0v) is 19.3. The number of methoxy groups -OCH3 is 1. The number of nitrogens with zero attached hydrogens (tertiary/aromatic N) is 5. The number of rotatable bonds is 7. The highest BCUT2D eigenvalue weighted by Crippen LogP contribution is 2.21. The van der Waals surface area contributed by atoms with Crippen molar-refractivity contribution in [2.45, 2.75) is 26.1 Å². The lowest BCUT2D eigenvalue weighted by Gasteiger charge is -2.20. The average Bonchev–Trinajstić information content (AvgIpc) is 3.42. The van der Waals surface area contributed by atoms with Gasteiger partial charge >= 0.3 is 0 Å². The summed E-state index contributed by atoms with van der Waals surface area (Å²) in [6.45, 7) is 3.09. The topological polar surface area (TPSA) is 104 Å². The predicted octanol–water partition coefficient (Wildman–Crippen LogP) is 3.05. The lowest BCUT2D eigenvalue weighted by Crippen LogP contribution is -2.38. The molecule has 0 fully saturated rings. The summed E-state index contributed by atoms with van der Waals surface area (Å²) in [7, 11) is 5.39. The van der Waals surface area contributed by atoms with Crippen molar-refractivity contribution in [1.82, 2.24) is 30.4 Å². The van der Waals surface area contributed by atoms with Gasteiger partial charge in [-0.3, -0.25) is 10.1 Å². The van der Waals surface area contributed by atoms with E-state index in [-0.39, 0.29) is 30.1 Å². The summed E-state index contributed by atoms with van der Waals surface area (Å²) in [5.74, 6) is 2.59. The van der Waals surface area contributed by atoms with Crippen LogP contribution < -0.4 is 5.32 Å². The Balaban J connectivity index is 0.00000280. The molecule has 0 spiro atoms. The molecule has 28 heavy (non-hydrogen) atoms. The molecular weight excluding hydrogens is 493 g/mol. The molecule has 1 unspecified atom stereocenters. The van der Waals surface area contributed by atoms with Crippen LogP contribution in [0.15, 0.2) is 33.2 Å². The maximum absolute atomic E-state index is 5.31. The highest BCUT2D eigenvalue weighted by Gasteiger charge is 2.14. The number of guanidine groups is 1. The lowest BCUT2D eigenvalue weighted by molar-refractivity contribution is 0.119. The van der Waals surface area contributed by atoms with E-state index in [1.807, 2.05) is 30.3 Å². The summed E-state index contributed by atoms with van der Waals surface area (Å²) in [5, 5.41) is 13.3. The fourth-order valence-electron chi connectivity index (χ4n) is 2.44. The standard InChI is InChI=1S/C17H23N7O2S.HI/c1-11(25-4)16-20-12(10-27-16)9-24(3)17(18-2)19-8-14-21-15(23-22-14)13-6-5-7-26-13;/h5-7,10-11H,8-9H2,1-4H3,(H,18,19)(H,21,22,23);1H. The van der Waals surface area contributed by atoms with Crippen LogP contribution >= 0.6 is 35.3 Å². The zero-order valence-electron chi connectivity index (χ0n) is 16.2. The Morgan fingerprint density at radius 1 is 1.46 bits per heavy atom. The highest BCUT2D eigenvalue weighted by molar-refractivity contribution is 14.0. The van der Waals surface area contributed by atoms with Crippen LogP contribution in [-0.2, 0) is 17.8 Å². The molecular formula is C17H24IN7O2S. The number of halogens is 1. The number of aliphatic imine (C=N–C) groups is 1. The summed E-state index contributed by atoms with van der Waals surface area (Å²) in [5.41, 5.74) is 0.976. The van der Waals surface area contributed by atoms with Gasteiger partial charge in [-0.1, -0.05) is 0 Å². The number of nitrogens with one attached hydrogen (secondary N) is 2. The molecule has 11 heteroatoms. The van der Waals surface area contributed by atoms with Gasteiger partial charge < -0.3 is 19.4 Å². The maximum atomic E-state index is 5.31. The number of hydrogen-bond donors (Lipinski definition) is 2. The van der Waals surface area contributed by atoms with Crippen LogP contribution in [-0.4, -0.2) is 52.2 Å². The summed E-state index contributed by atoms with van der Waals surface area (Å²) < 4.78 is 10.6. The molecule has 3 aromatic heterocycles. The van der Waals surface area contributed by atoms with Crippen molar-refractivity contribution in [2.24, 2.45) is 4.99 Å². The van der Waals surface area contributed by atoms with Gasteiger partial charge in [-0.05, 0) is 19.1 Å². The van der Waals surface area contributed by atoms with Crippen LogP contribution in [0.25, 0.3) is 11.6 Å². The van der Waals surface area contributed by atoms with Crippen LogP contribution in [0.4, 0.5) is 0 Å². The van der Waals surface area contributed by atoms with Gasteiger partial charge in [-0.2, -0.15) is 0 Å². The minimum atomic E-state index is 0. The normalized spacial score (nSPS) is 12.5. The Morgan fingerprint density at radius 3 is 2.96 bits per heavy atom. The summed E-state index contributed by atoms with van der Waals surface area (Å²) in [4.78, 5) is 15.3. The van der Waals surface area contributed by atoms with Crippen molar-refractivity contribution in [3.8, 4) is 11.6 Å². The van der Waals surface area contributed by atoms with E-state index in [1.54, 1.807) is 37.8 Å². The second kappa shape index (κ2) is 10.5. The molecule has 1 atom stereocenters. The first-order valence-corrected chi connectivity index (χ1v) is 9.32. The van der Waals surface area contributed by atoms with Gasteiger partial charge in [-0.25, -0.2) is 9.97 Å². The van der Waals surface area contributed by atoms with Crippen molar-refractivity contribution in [3.63, 3.8) is 0 Å². The number of ether oxygens (including phenoxy) is 1. The Labute approximate surface area is 184 Å². The Kier molecular flexibility index (Phi) is 8.38.